The van der Waals surface area contributed by atoms with Crippen molar-refractivity contribution in [1.82, 2.24) is 0 Å². The van der Waals surface area contributed by atoms with E-state index in [9.17, 15) is 0 Å². The van der Waals surface area contributed by atoms with Crippen LogP contribution in [0.25, 0.3) is 0 Å². The van der Waals surface area contributed by atoms with Gasteiger partial charge >= 0.3 is 0 Å². The first-order valence-electron chi connectivity index (χ1n) is 1.94. The number of hydrogen-bond donors (Lipinski definition) is 1. The van der Waals surface area contributed by atoms with E-state index >= 15 is 0 Å². The van der Waals surface area contributed by atoms with Gasteiger partial charge in [-0.05, 0) is 6.08 Å². The van der Waals surface area contributed by atoms with Crippen molar-refractivity contribution in [3.05, 3.63) is 24.0 Å². The Morgan fingerprint density at radius 1 is 1.57 bits per heavy atom. The normalized spacial score (nSPS) is 15.7. The van der Waals surface area contributed by atoms with E-state index in [-0.39, 0.29) is 18.6 Å². The summed E-state index contributed by atoms with van der Waals surface area (Å²) in [5.41, 5.74) is 0. The number of rotatable bonds is 0. The predicted octanol–water partition coefficient (Wildman–Crippen LogP) is 1.39. The van der Waals surface area contributed by atoms with E-state index in [1.165, 1.54) is 0 Å². The van der Waals surface area contributed by atoms with Crippen LogP contribution < -0.4 is 0 Å². The van der Waals surface area contributed by atoms with Gasteiger partial charge < -0.3 is 5.11 Å². The van der Waals surface area contributed by atoms with Crippen LogP contribution in [0.1, 0.15) is 6.42 Å². The van der Waals surface area contributed by atoms with Gasteiger partial charge in [-0.1, -0.05) is 12.2 Å². The van der Waals surface area contributed by atoms with Gasteiger partial charge in [-0.3, -0.25) is 0 Å². The van der Waals surface area contributed by atoms with Gasteiger partial charge in [0, 0.05) is 25.0 Å². The van der Waals surface area contributed by atoms with Gasteiger partial charge in [0.25, 0.3) is 0 Å². The van der Waals surface area contributed by atoms with Crippen LogP contribution in [-0.2, 0) is 18.6 Å². The fraction of sp³-hybridized carbons (Fsp3) is 0.200. The maximum Gasteiger partial charge on any atom is 0.0960 e. The van der Waals surface area contributed by atoms with Crippen molar-refractivity contribution in [2.75, 3.05) is 0 Å². The molecule has 1 radical (unpaired) electrons. The van der Waals surface area contributed by atoms with Gasteiger partial charge in [-0.2, -0.15) is 0 Å². The first kappa shape index (κ1) is 6.86. The molecule has 1 aliphatic rings. The van der Waals surface area contributed by atoms with Gasteiger partial charge in [0.2, 0.25) is 0 Å². The SMILES string of the molecule is OC1=CC=CC1.[V]. The molecule has 0 amide bonds. The van der Waals surface area contributed by atoms with E-state index in [0.717, 1.165) is 6.42 Å². The molecule has 0 saturated carbocycles. The Morgan fingerprint density at radius 3 is 2.43 bits per heavy atom. The zero-order chi connectivity index (χ0) is 4.41. The second-order valence-electron chi connectivity index (χ2n) is 1.29. The fourth-order valence-electron chi connectivity index (χ4n) is 0.436. The number of allylic oxidation sites excluding steroid dienone is 3. The van der Waals surface area contributed by atoms with Gasteiger partial charge in [0.1, 0.15) is 0 Å². The summed E-state index contributed by atoms with van der Waals surface area (Å²) in [6.45, 7) is 0. The zero-order valence-electron chi connectivity index (χ0n) is 3.83. The minimum Gasteiger partial charge on any atom is -0.512 e. The van der Waals surface area contributed by atoms with Crippen molar-refractivity contribution in [2.45, 2.75) is 6.42 Å². The maximum absolute atomic E-state index is 8.53. The molecule has 7 heavy (non-hydrogen) atoms. The van der Waals surface area contributed by atoms with E-state index in [0.29, 0.717) is 5.76 Å². The van der Waals surface area contributed by atoms with Crippen LogP contribution in [0.4, 0.5) is 0 Å². The Hall–Kier alpha value is -0.136. The number of aliphatic hydroxyl groups is 1. The van der Waals surface area contributed by atoms with Crippen LogP contribution in [0.5, 0.6) is 0 Å². The van der Waals surface area contributed by atoms with E-state index in [1.54, 1.807) is 6.08 Å². The molecule has 1 N–H and O–H groups in total. The molecule has 0 bridgehead atoms. The summed E-state index contributed by atoms with van der Waals surface area (Å²) in [7, 11) is 0. The van der Waals surface area contributed by atoms with Crippen LogP contribution in [0.3, 0.4) is 0 Å². The largest absolute Gasteiger partial charge is 0.512 e. The van der Waals surface area contributed by atoms with Crippen LogP contribution in [0.15, 0.2) is 24.0 Å². The molecule has 37 valence electrons. The van der Waals surface area contributed by atoms with E-state index in [2.05, 4.69) is 0 Å². The smallest absolute Gasteiger partial charge is 0.0960 e. The monoisotopic (exact) mass is 133 g/mol. The first-order chi connectivity index (χ1) is 2.89. The van der Waals surface area contributed by atoms with E-state index < -0.39 is 0 Å². The molecule has 0 aromatic heterocycles. The molecule has 0 heterocycles. The summed E-state index contributed by atoms with van der Waals surface area (Å²) < 4.78 is 0. The third-order valence-corrected chi connectivity index (χ3v) is 0.752. The summed E-state index contributed by atoms with van der Waals surface area (Å²) in [5, 5.41) is 8.53. The van der Waals surface area contributed by atoms with E-state index in [4.69, 9.17) is 5.11 Å². The van der Waals surface area contributed by atoms with Gasteiger partial charge in [0.05, 0.1) is 5.76 Å². The Bertz CT molecular complexity index is 105. The Labute approximate surface area is 54.6 Å². The average Bonchev–Trinajstić information content (AvgIpc) is 1.86. The average molecular weight is 133 g/mol. The second-order valence-corrected chi connectivity index (χ2v) is 1.29. The molecule has 0 aromatic rings. The molecule has 2 heteroatoms. The first-order valence-corrected chi connectivity index (χ1v) is 1.94. The quantitative estimate of drug-likeness (QED) is 0.529. The molecule has 0 aromatic carbocycles. The topological polar surface area (TPSA) is 20.2 Å². The maximum atomic E-state index is 8.53. The molecule has 0 atom stereocenters. The van der Waals surface area contributed by atoms with Crippen LogP contribution in [0, 0.1) is 0 Å². The van der Waals surface area contributed by atoms with Crippen LogP contribution >= 0.6 is 0 Å². The zero-order valence-corrected chi connectivity index (χ0v) is 5.23. The minimum atomic E-state index is 0. The summed E-state index contributed by atoms with van der Waals surface area (Å²) in [6, 6.07) is 0. The van der Waals surface area contributed by atoms with Crippen molar-refractivity contribution in [1.29, 1.82) is 0 Å². The molecule has 1 rings (SSSR count). The van der Waals surface area contributed by atoms with Crippen LogP contribution in [-0.4, -0.2) is 5.11 Å². The fourth-order valence-corrected chi connectivity index (χ4v) is 0.436. The Kier molecular flexibility index (Phi) is 2.89. The molecule has 1 aliphatic carbocycles. The predicted molar refractivity (Wildman–Crippen MR) is 24.5 cm³/mol. The van der Waals surface area contributed by atoms with Crippen molar-refractivity contribution >= 4 is 0 Å². The minimum absolute atomic E-state index is 0. The van der Waals surface area contributed by atoms with Crippen molar-refractivity contribution in [3.8, 4) is 0 Å². The summed E-state index contributed by atoms with van der Waals surface area (Å²) in [6.07, 6.45) is 6.17. The summed E-state index contributed by atoms with van der Waals surface area (Å²) >= 11 is 0. The Morgan fingerprint density at radius 2 is 2.29 bits per heavy atom. The van der Waals surface area contributed by atoms with Gasteiger partial charge in [0.15, 0.2) is 0 Å². The number of aliphatic hydroxyl groups excluding tert-OH is 1. The van der Waals surface area contributed by atoms with E-state index in [1.807, 2.05) is 12.2 Å². The van der Waals surface area contributed by atoms with Crippen LogP contribution in [0.2, 0.25) is 0 Å². The van der Waals surface area contributed by atoms with Crippen molar-refractivity contribution in [2.24, 2.45) is 0 Å². The van der Waals surface area contributed by atoms with Crippen molar-refractivity contribution < 1.29 is 23.7 Å². The van der Waals surface area contributed by atoms with Crippen molar-refractivity contribution in [3.63, 3.8) is 0 Å². The molecular formula is C5H6OV. The standard InChI is InChI=1S/C5H6O.V/c6-5-3-1-2-4-5;/h1-3,6H,4H2;. The molecule has 0 fully saturated rings. The van der Waals surface area contributed by atoms with Gasteiger partial charge in [-0.25, -0.2) is 0 Å². The molecule has 1 nitrogen and oxygen atoms in total. The molecule has 0 spiro atoms. The number of hydrogen-bond acceptors (Lipinski definition) is 1. The third kappa shape index (κ3) is 1.86. The molecular weight excluding hydrogens is 127 g/mol. The summed E-state index contributed by atoms with van der Waals surface area (Å²) in [5.74, 6) is 0.468. The molecule has 0 saturated heterocycles. The molecule has 0 unspecified atom stereocenters. The Balaban J connectivity index is 0.000000360. The second kappa shape index (κ2) is 2.94. The van der Waals surface area contributed by atoms with Gasteiger partial charge in [-0.15, -0.1) is 0 Å². The molecule has 0 aliphatic heterocycles. The summed E-state index contributed by atoms with van der Waals surface area (Å²) in [4.78, 5) is 0. The third-order valence-electron chi connectivity index (χ3n) is 0.752.